The van der Waals surface area contributed by atoms with Crippen LogP contribution in [0, 0.1) is 5.92 Å². The highest BCUT2D eigenvalue weighted by Crippen LogP contribution is 2.39. The summed E-state index contributed by atoms with van der Waals surface area (Å²) in [4.78, 5) is 20.4. The number of hydrogen-bond acceptors (Lipinski definition) is 3. The Morgan fingerprint density at radius 1 is 1.00 bits per heavy atom. The average Bonchev–Trinajstić information content (AvgIpc) is 3.12. The number of rotatable bonds is 4. The third kappa shape index (κ3) is 3.08. The predicted molar refractivity (Wildman–Crippen MR) is 106 cm³/mol. The Balaban J connectivity index is 1.37. The van der Waals surface area contributed by atoms with Gasteiger partial charge in [-0.25, -0.2) is 4.98 Å². The average molecular weight is 359 g/mol. The molecular formula is C23H25N3O. The number of aromatic nitrogens is 2. The maximum Gasteiger partial charge on any atom is 0.184 e. The molecule has 0 N–H and O–H groups in total. The molecule has 2 bridgehead atoms. The standard InChI is InChI=1S/C23H25N3O/c27-23(21-15-24-22-11-4-5-12-25(21)22)18-13-19-9-6-10-20(14-18)26(19)16-17-7-2-1-3-8-17/h1-5,7-8,11-12,15,18-20H,6,9-10,13-14,16H2. The fourth-order valence-electron chi connectivity index (χ4n) is 5.07. The molecule has 0 amide bonds. The van der Waals surface area contributed by atoms with Crippen molar-refractivity contribution in [2.45, 2.75) is 50.7 Å². The van der Waals surface area contributed by atoms with Crippen LogP contribution in [0.5, 0.6) is 0 Å². The lowest BCUT2D eigenvalue weighted by molar-refractivity contribution is 0.00889. The van der Waals surface area contributed by atoms with E-state index >= 15 is 0 Å². The van der Waals surface area contributed by atoms with Gasteiger partial charge in [-0.1, -0.05) is 42.8 Å². The monoisotopic (exact) mass is 359 g/mol. The molecule has 2 aromatic heterocycles. The zero-order chi connectivity index (χ0) is 18.2. The Morgan fingerprint density at radius 3 is 2.52 bits per heavy atom. The van der Waals surface area contributed by atoms with Gasteiger partial charge in [-0.05, 0) is 43.4 Å². The summed E-state index contributed by atoms with van der Waals surface area (Å²) in [5, 5.41) is 0. The van der Waals surface area contributed by atoms with E-state index in [1.54, 1.807) is 6.20 Å². The van der Waals surface area contributed by atoms with E-state index < -0.39 is 0 Å². The number of ketones is 1. The van der Waals surface area contributed by atoms with E-state index in [9.17, 15) is 4.79 Å². The molecule has 0 aliphatic carbocycles. The van der Waals surface area contributed by atoms with Crippen molar-refractivity contribution >= 4 is 11.4 Å². The summed E-state index contributed by atoms with van der Waals surface area (Å²) < 4.78 is 1.94. The molecule has 0 radical (unpaired) electrons. The molecule has 2 saturated heterocycles. The summed E-state index contributed by atoms with van der Waals surface area (Å²) in [6.45, 7) is 1.01. The molecule has 3 aromatic rings. The first-order chi connectivity index (χ1) is 13.3. The van der Waals surface area contributed by atoms with Crippen molar-refractivity contribution in [3.63, 3.8) is 0 Å². The summed E-state index contributed by atoms with van der Waals surface area (Å²) in [6.07, 6.45) is 9.35. The summed E-state index contributed by atoms with van der Waals surface area (Å²) in [7, 11) is 0. The van der Waals surface area contributed by atoms with Crippen molar-refractivity contribution < 1.29 is 4.79 Å². The molecule has 4 heterocycles. The van der Waals surface area contributed by atoms with Gasteiger partial charge in [-0.15, -0.1) is 0 Å². The van der Waals surface area contributed by atoms with Gasteiger partial charge in [-0.2, -0.15) is 0 Å². The topological polar surface area (TPSA) is 37.6 Å². The normalized spacial score (nSPS) is 25.6. The number of Topliss-reactive ketones (excluding diaryl/α,β-unsaturated/α-hetero) is 1. The molecule has 138 valence electrons. The first-order valence-electron chi connectivity index (χ1n) is 10.1. The molecule has 0 saturated carbocycles. The fourth-order valence-corrected chi connectivity index (χ4v) is 5.07. The lowest BCUT2D eigenvalue weighted by Crippen LogP contribution is -2.52. The SMILES string of the molecule is O=C(c1cnc2ccccn12)C1CC2CCCC(C1)N2Cc1ccccc1. The minimum absolute atomic E-state index is 0.118. The lowest BCUT2D eigenvalue weighted by Gasteiger charge is -2.48. The molecule has 0 spiro atoms. The highest BCUT2D eigenvalue weighted by atomic mass is 16.1. The van der Waals surface area contributed by atoms with Gasteiger partial charge in [0.1, 0.15) is 11.3 Å². The van der Waals surface area contributed by atoms with Crippen LogP contribution in [0.1, 0.15) is 48.2 Å². The highest BCUT2D eigenvalue weighted by molar-refractivity contribution is 5.97. The Morgan fingerprint density at radius 2 is 1.74 bits per heavy atom. The number of imidazole rings is 1. The van der Waals surface area contributed by atoms with Crippen LogP contribution >= 0.6 is 0 Å². The van der Waals surface area contributed by atoms with E-state index in [1.807, 2.05) is 28.8 Å². The molecule has 5 rings (SSSR count). The number of nitrogens with zero attached hydrogens (tertiary/aromatic N) is 3. The molecule has 4 heteroatoms. The van der Waals surface area contributed by atoms with Gasteiger partial charge in [-0.3, -0.25) is 14.1 Å². The number of fused-ring (bicyclic) bond motifs is 3. The van der Waals surface area contributed by atoms with Crippen LogP contribution in [0.2, 0.25) is 0 Å². The van der Waals surface area contributed by atoms with Gasteiger partial charge in [0, 0.05) is 30.7 Å². The van der Waals surface area contributed by atoms with Gasteiger partial charge in [0.25, 0.3) is 0 Å². The number of piperidine rings is 2. The van der Waals surface area contributed by atoms with Crippen molar-refractivity contribution in [2.24, 2.45) is 5.92 Å². The molecule has 2 atom stereocenters. The second-order valence-electron chi connectivity index (χ2n) is 8.00. The molecule has 4 nitrogen and oxygen atoms in total. The van der Waals surface area contributed by atoms with Crippen molar-refractivity contribution in [3.05, 3.63) is 72.2 Å². The highest BCUT2D eigenvalue weighted by Gasteiger charge is 2.41. The molecule has 27 heavy (non-hydrogen) atoms. The van der Waals surface area contributed by atoms with Gasteiger partial charge in [0.05, 0.1) is 6.20 Å². The van der Waals surface area contributed by atoms with Crippen molar-refractivity contribution in [1.29, 1.82) is 0 Å². The molecular weight excluding hydrogens is 334 g/mol. The Bertz CT molecular complexity index is 934. The van der Waals surface area contributed by atoms with E-state index in [0.29, 0.717) is 12.1 Å². The second-order valence-corrected chi connectivity index (χ2v) is 8.00. The third-order valence-electron chi connectivity index (χ3n) is 6.37. The lowest BCUT2D eigenvalue weighted by atomic mass is 9.76. The predicted octanol–water partition coefficient (Wildman–Crippen LogP) is 4.35. The quantitative estimate of drug-likeness (QED) is 0.650. The summed E-state index contributed by atoms with van der Waals surface area (Å²) in [6, 6.07) is 17.6. The molecule has 1 aromatic carbocycles. The van der Waals surface area contributed by atoms with E-state index in [0.717, 1.165) is 30.7 Å². The van der Waals surface area contributed by atoms with Crippen LogP contribution in [0.4, 0.5) is 0 Å². The maximum absolute atomic E-state index is 13.3. The van der Waals surface area contributed by atoms with Gasteiger partial charge < -0.3 is 0 Å². The molecule has 2 unspecified atom stereocenters. The summed E-state index contributed by atoms with van der Waals surface area (Å²) in [5.74, 6) is 0.386. The van der Waals surface area contributed by atoms with Crippen LogP contribution in [-0.4, -0.2) is 32.2 Å². The fraction of sp³-hybridized carbons (Fsp3) is 0.391. The van der Waals surface area contributed by atoms with Crippen molar-refractivity contribution in [2.75, 3.05) is 0 Å². The van der Waals surface area contributed by atoms with Gasteiger partial charge >= 0.3 is 0 Å². The molecule has 2 aliphatic rings. The van der Waals surface area contributed by atoms with E-state index in [1.165, 1.54) is 24.8 Å². The number of hydrogen-bond donors (Lipinski definition) is 0. The maximum atomic E-state index is 13.3. The largest absolute Gasteiger partial charge is 0.297 e. The van der Waals surface area contributed by atoms with Crippen LogP contribution < -0.4 is 0 Å². The Hall–Kier alpha value is -2.46. The van der Waals surface area contributed by atoms with Gasteiger partial charge in [0.2, 0.25) is 0 Å². The summed E-state index contributed by atoms with van der Waals surface area (Å²) >= 11 is 0. The zero-order valence-electron chi connectivity index (χ0n) is 15.5. The first-order valence-corrected chi connectivity index (χ1v) is 10.1. The van der Waals surface area contributed by atoms with E-state index in [-0.39, 0.29) is 11.7 Å². The third-order valence-corrected chi connectivity index (χ3v) is 6.37. The van der Waals surface area contributed by atoms with Crippen molar-refractivity contribution in [1.82, 2.24) is 14.3 Å². The van der Waals surface area contributed by atoms with Crippen LogP contribution in [0.15, 0.2) is 60.9 Å². The molecule has 2 aliphatic heterocycles. The van der Waals surface area contributed by atoms with Crippen LogP contribution in [-0.2, 0) is 6.54 Å². The Labute approximate surface area is 159 Å². The number of carbonyl (C=O) groups is 1. The minimum Gasteiger partial charge on any atom is -0.297 e. The minimum atomic E-state index is 0.118. The van der Waals surface area contributed by atoms with E-state index in [4.69, 9.17) is 0 Å². The van der Waals surface area contributed by atoms with Crippen LogP contribution in [0.3, 0.4) is 0 Å². The Kier molecular flexibility index (Phi) is 4.29. The first kappa shape index (κ1) is 16.7. The van der Waals surface area contributed by atoms with Crippen molar-refractivity contribution in [3.8, 4) is 0 Å². The molecule has 2 fully saturated rings. The summed E-state index contributed by atoms with van der Waals surface area (Å²) in [5.41, 5.74) is 2.97. The number of pyridine rings is 1. The number of carbonyl (C=O) groups excluding carboxylic acids is 1. The number of benzene rings is 1. The van der Waals surface area contributed by atoms with Crippen LogP contribution in [0.25, 0.3) is 5.65 Å². The second kappa shape index (κ2) is 6.93. The van der Waals surface area contributed by atoms with E-state index in [2.05, 4.69) is 40.2 Å². The smallest absolute Gasteiger partial charge is 0.184 e. The van der Waals surface area contributed by atoms with Gasteiger partial charge in [0.15, 0.2) is 5.78 Å². The zero-order valence-corrected chi connectivity index (χ0v) is 15.5.